The van der Waals surface area contributed by atoms with Gasteiger partial charge in [-0.3, -0.25) is 9.67 Å². The molecule has 0 unspecified atom stereocenters. The molecule has 5 heteroatoms. The first-order valence-electron chi connectivity index (χ1n) is 7.65. The first kappa shape index (κ1) is 13.3. The summed E-state index contributed by atoms with van der Waals surface area (Å²) in [4.78, 5) is 4.46. The summed E-state index contributed by atoms with van der Waals surface area (Å²) in [6.07, 6.45) is 8.66. The lowest BCUT2D eigenvalue weighted by Crippen LogP contribution is -2.32. The van der Waals surface area contributed by atoms with Crippen LogP contribution in [0.2, 0.25) is 5.02 Å². The fraction of sp³-hybridized carbons (Fsp3) is 0.500. The van der Waals surface area contributed by atoms with Crippen LogP contribution >= 0.6 is 11.6 Å². The molecule has 110 valence electrons. The van der Waals surface area contributed by atoms with Crippen LogP contribution in [0.5, 0.6) is 0 Å². The summed E-state index contributed by atoms with van der Waals surface area (Å²) in [5, 5.41) is 5.53. The fourth-order valence-electron chi connectivity index (χ4n) is 3.09. The highest BCUT2D eigenvalue weighted by atomic mass is 35.5. The van der Waals surface area contributed by atoms with Crippen LogP contribution in [0.25, 0.3) is 11.3 Å². The van der Waals surface area contributed by atoms with E-state index in [4.69, 9.17) is 22.4 Å². The minimum absolute atomic E-state index is 0.511. The second kappa shape index (κ2) is 5.11. The van der Waals surface area contributed by atoms with E-state index in [0.717, 1.165) is 25.1 Å². The normalized spacial score (nSPS) is 24.9. The average molecular weight is 303 g/mol. The van der Waals surface area contributed by atoms with Gasteiger partial charge in [-0.15, -0.1) is 0 Å². The zero-order chi connectivity index (χ0) is 14.4. The van der Waals surface area contributed by atoms with Crippen molar-refractivity contribution in [1.82, 2.24) is 14.8 Å². The van der Waals surface area contributed by atoms with Crippen molar-refractivity contribution in [2.45, 2.75) is 37.6 Å². The second-order valence-corrected chi connectivity index (χ2v) is 6.71. The predicted octanol–water partition coefficient (Wildman–Crippen LogP) is 3.39. The highest BCUT2D eigenvalue weighted by Crippen LogP contribution is 2.45. The van der Waals surface area contributed by atoms with Crippen LogP contribution in [0.15, 0.2) is 24.5 Å². The van der Waals surface area contributed by atoms with Gasteiger partial charge in [0.15, 0.2) is 0 Å². The molecule has 21 heavy (non-hydrogen) atoms. The number of hydrogen-bond acceptors (Lipinski definition) is 3. The van der Waals surface area contributed by atoms with Gasteiger partial charge in [-0.2, -0.15) is 5.10 Å². The Hall–Kier alpha value is -1.39. The summed E-state index contributed by atoms with van der Waals surface area (Å²) in [6, 6.07) is 4.39. The van der Waals surface area contributed by atoms with Crippen LogP contribution in [0.4, 0.5) is 0 Å². The van der Waals surface area contributed by atoms with Crippen LogP contribution < -0.4 is 5.73 Å². The Morgan fingerprint density at radius 2 is 2.10 bits per heavy atom. The van der Waals surface area contributed by atoms with Crippen LogP contribution in [0, 0.1) is 5.92 Å². The smallest absolute Gasteiger partial charge is 0.0749 e. The number of hydrogen-bond donors (Lipinski definition) is 1. The molecule has 0 radical (unpaired) electrons. The van der Waals surface area contributed by atoms with Crippen LogP contribution in [0.1, 0.15) is 43.3 Å². The highest BCUT2D eigenvalue weighted by molar-refractivity contribution is 6.30. The Kier molecular flexibility index (Phi) is 3.23. The molecule has 0 amide bonds. The molecular formula is C16H19ClN4. The number of pyridine rings is 1. The van der Waals surface area contributed by atoms with Crippen molar-refractivity contribution in [3.8, 4) is 11.3 Å². The molecule has 2 aliphatic carbocycles. The Morgan fingerprint density at radius 3 is 2.71 bits per heavy atom. The zero-order valence-electron chi connectivity index (χ0n) is 11.9. The number of aromatic nitrogens is 3. The summed E-state index contributed by atoms with van der Waals surface area (Å²) in [5.41, 5.74) is 9.08. The molecule has 2 heterocycles. The molecule has 0 spiro atoms. The molecule has 4 nitrogen and oxygen atoms in total. The lowest BCUT2D eigenvalue weighted by molar-refractivity contribution is 0.189. The molecular weight excluding hydrogens is 284 g/mol. The van der Waals surface area contributed by atoms with E-state index >= 15 is 0 Å². The molecule has 2 aromatic heterocycles. The Morgan fingerprint density at radius 1 is 1.29 bits per heavy atom. The molecule has 2 aliphatic rings. The third-order valence-corrected chi connectivity index (χ3v) is 4.87. The quantitative estimate of drug-likeness (QED) is 0.942. The maximum atomic E-state index is 5.94. The molecule has 4 rings (SSSR count). The van der Waals surface area contributed by atoms with Crippen LogP contribution in [-0.2, 0) is 0 Å². The van der Waals surface area contributed by atoms with Gasteiger partial charge in [0.05, 0.1) is 22.5 Å². The van der Waals surface area contributed by atoms with E-state index < -0.39 is 0 Å². The van der Waals surface area contributed by atoms with E-state index in [2.05, 4.69) is 15.9 Å². The van der Waals surface area contributed by atoms with E-state index in [9.17, 15) is 0 Å². The third kappa shape index (κ3) is 2.47. The zero-order valence-corrected chi connectivity index (χ0v) is 12.6. The molecule has 0 saturated heterocycles. The number of nitrogens with zero attached hydrogens (tertiary/aromatic N) is 3. The van der Waals surface area contributed by atoms with Crippen molar-refractivity contribution >= 4 is 11.6 Å². The van der Waals surface area contributed by atoms with E-state index in [1.807, 2.05) is 12.1 Å². The molecule has 0 aliphatic heterocycles. The van der Waals surface area contributed by atoms with Gasteiger partial charge in [-0.05, 0) is 50.3 Å². The number of halogens is 1. The monoisotopic (exact) mass is 302 g/mol. The number of rotatable bonds is 4. The van der Waals surface area contributed by atoms with Crippen molar-refractivity contribution in [3.63, 3.8) is 0 Å². The van der Waals surface area contributed by atoms with Crippen molar-refractivity contribution in [2.75, 3.05) is 6.54 Å². The molecule has 0 bridgehead atoms. The Labute approximate surface area is 129 Å². The van der Waals surface area contributed by atoms with Gasteiger partial charge in [0, 0.05) is 23.9 Å². The topological polar surface area (TPSA) is 56.7 Å². The lowest BCUT2D eigenvalue weighted by Gasteiger charge is -2.34. The van der Waals surface area contributed by atoms with Crippen LogP contribution in [-0.4, -0.2) is 21.3 Å². The summed E-state index contributed by atoms with van der Waals surface area (Å²) in [7, 11) is 0. The lowest BCUT2D eigenvalue weighted by atomic mass is 9.80. The standard InChI is InChI=1S/C16H19ClN4/c17-12-3-4-15(19-8-12)14-9-21(13-5-10(6-13)7-18)20-16(14)11-1-2-11/h3-4,8-11,13H,1-2,5-7,18H2. The van der Waals surface area contributed by atoms with Crippen molar-refractivity contribution in [3.05, 3.63) is 35.2 Å². The first-order valence-corrected chi connectivity index (χ1v) is 8.03. The van der Waals surface area contributed by atoms with E-state index in [1.54, 1.807) is 6.20 Å². The molecule has 2 fully saturated rings. The van der Waals surface area contributed by atoms with Crippen molar-refractivity contribution < 1.29 is 0 Å². The number of nitrogens with two attached hydrogens (primary N) is 1. The molecule has 2 saturated carbocycles. The molecule has 0 atom stereocenters. The summed E-state index contributed by atoms with van der Waals surface area (Å²) < 4.78 is 2.14. The Bertz CT molecular complexity index is 639. The second-order valence-electron chi connectivity index (χ2n) is 6.27. The van der Waals surface area contributed by atoms with Gasteiger partial charge in [0.25, 0.3) is 0 Å². The maximum absolute atomic E-state index is 5.94. The van der Waals surface area contributed by atoms with Gasteiger partial charge in [-0.25, -0.2) is 0 Å². The molecule has 2 N–H and O–H groups in total. The predicted molar refractivity (Wildman–Crippen MR) is 83.3 cm³/mol. The van der Waals surface area contributed by atoms with Crippen LogP contribution in [0.3, 0.4) is 0 Å². The molecule has 2 aromatic rings. The van der Waals surface area contributed by atoms with E-state index in [1.165, 1.54) is 24.1 Å². The first-order chi connectivity index (χ1) is 10.2. The van der Waals surface area contributed by atoms with Crippen molar-refractivity contribution in [1.29, 1.82) is 0 Å². The largest absolute Gasteiger partial charge is 0.330 e. The van der Waals surface area contributed by atoms with E-state index in [0.29, 0.717) is 22.9 Å². The molecule has 0 aromatic carbocycles. The third-order valence-electron chi connectivity index (χ3n) is 4.65. The highest BCUT2D eigenvalue weighted by Gasteiger charge is 2.34. The average Bonchev–Trinajstić information content (AvgIpc) is 3.20. The summed E-state index contributed by atoms with van der Waals surface area (Å²) in [6.45, 7) is 0.791. The summed E-state index contributed by atoms with van der Waals surface area (Å²) in [5.74, 6) is 1.28. The van der Waals surface area contributed by atoms with Gasteiger partial charge in [0.2, 0.25) is 0 Å². The van der Waals surface area contributed by atoms with Crippen molar-refractivity contribution in [2.24, 2.45) is 11.7 Å². The van der Waals surface area contributed by atoms with E-state index in [-0.39, 0.29) is 0 Å². The van der Waals surface area contributed by atoms with Gasteiger partial charge < -0.3 is 5.73 Å². The minimum Gasteiger partial charge on any atom is -0.330 e. The van der Waals surface area contributed by atoms with Gasteiger partial charge in [-0.1, -0.05) is 11.6 Å². The SMILES string of the molecule is NCC1CC(n2cc(-c3ccc(Cl)cn3)c(C3CC3)n2)C1. The maximum Gasteiger partial charge on any atom is 0.0749 e. The Balaban J connectivity index is 1.66. The minimum atomic E-state index is 0.511. The fourth-order valence-corrected chi connectivity index (χ4v) is 3.20. The summed E-state index contributed by atoms with van der Waals surface area (Å²) >= 11 is 5.94. The van der Waals surface area contributed by atoms with Gasteiger partial charge >= 0.3 is 0 Å². The van der Waals surface area contributed by atoms with Gasteiger partial charge in [0.1, 0.15) is 0 Å².